The second-order valence-electron chi connectivity index (χ2n) is 3.50. The third-order valence-electron chi connectivity index (χ3n) is 2.16. The quantitative estimate of drug-likeness (QED) is 0.763. The van der Waals surface area contributed by atoms with Crippen molar-refractivity contribution >= 4 is 29.4 Å². The summed E-state index contributed by atoms with van der Waals surface area (Å²) in [7, 11) is 1.13. The van der Waals surface area contributed by atoms with Crippen LogP contribution in [0.4, 0.5) is 0 Å². The van der Waals surface area contributed by atoms with Crippen LogP contribution in [0.3, 0.4) is 0 Å². The van der Waals surface area contributed by atoms with Gasteiger partial charge in [-0.2, -0.15) is 0 Å². The zero-order chi connectivity index (χ0) is 14.4. The summed E-state index contributed by atoms with van der Waals surface area (Å²) in [6.45, 7) is 0. The lowest BCUT2D eigenvalue weighted by atomic mass is 10.2. The number of nitrogens with one attached hydrogen (secondary N) is 1. The molecule has 1 rings (SSSR count). The number of hydrogen-bond donors (Lipinski definition) is 2. The largest absolute Gasteiger partial charge is 0.480 e. The van der Waals surface area contributed by atoms with Crippen LogP contribution < -0.4 is 5.32 Å². The minimum Gasteiger partial charge on any atom is -0.480 e. The van der Waals surface area contributed by atoms with Gasteiger partial charge in [-0.1, -0.05) is 11.6 Å². The predicted molar refractivity (Wildman–Crippen MR) is 64.8 cm³/mol. The molecule has 1 amide bonds. The smallest absolute Gasteiger partial charge is 0.326 e. The minimum absolute atomic E-state index is 0.0383. The van der Waals surface area contributed by atoms with Crippen LogP contribution in [0.1, 0.15) is 16.9 Å². The van der Waals surface area contributed by atoms with Gasteiger partial charge in [0.15, 0.2) is 0 Å². The fourth-order valence-electron chi connectivity index (χ4n) is 1.21. The first-order valence-electron chi connectivity index (χ1n) is 5.16. The van der Waals surface area contributed by atoms with Gasteiger partial charge in [0.25, 0.3) is 5.91 Å². The Hall–Kier alpha value is -2.15. The molecule has 8 heteroatoms. The SMILES string of the molecule is COC(=O)C[C@H](NC(=O)c1cc(Cl)ccn1)C(=O)O. The van der Waals surface area contributed by atoms with Crippen molar-refractivity contribution in [1.29, 1.82) is 0 Å². The summed E-state index contributed by atoms with van der Waals surface area (Å²) in [5.41, 5.74) is -0.0383. The summed E-state index contributed by atoms with van der Waals surface area (Å²) in [6, 6.07) is 1.37. The molecule has 1 atom stereocenters. The van der Waals surface area contributed by atoms with E-state index in [2.05, 4.69) is 15.0 Å². The average Bonchev–Trinajstić information content (AvgIpc) is 2.37. The van der Waals surface area contributed by atoms with Crippen molar-refractivity contribution in [3.63, 3.8) is 0 Å². The normalized spacial score (nSPS) is 11.5. The van der Waals surface area contributed by atoms with Gasteiger partial charge in [-0.3, -0.25) is 14.6 Å². The topological polar surface area (TPSA) is 106 Å². The zero-order valence-corrected chi connectivity index (χ0v) is 10.7. The molecule has 19 heavy (non-hydrogen) atoms. The Labute approximate surface area is 113 Å². The van der Waals surface area contributed by atoms with Crippen molar-refractivity contribution < 1.29 is 24.2 Å². The summed E-state index contributed by atoms with van der Waals surface area (Å²) < 4.78 is 4.35. The van der Waals surface area contributed by atoms with E-state index >= 15 is 0 Å². The van der Waals surface area contributed by atoms with Crippen LogP contribution in [0.15, 0.2) is 18.3 Å². The molecule has 0 aliphatic heterocycles. The monoisotopic (exact) mass is 286 g/mol. The molecule has 1 aromatic heterocycles. The van der Waals surface area contributed by atoms with Crippen LogP contribution in [-0.4, -0.2) is 41.1 Å². The van der Waals surface area contributed by atoms with Crippen LogP contribution in [0, 0.1) is 0 Å². The molecule has 7 nitrogen and oxygen atoms in total. The Morgan fingerprint density at radius 2 is 2.21 bits per heavy atom. The highest BCUT2D eigenvalue weighted by Crippen LogP contribution is 2.08. The van der Waals surface area contributed by atoms with Gasteiger partial charge in [0.2, 0.25) is 0 Å². The van der Waals surface area contributed by atoms with Gasteiger partial charge < -0.3 is 15.2 Å². The van der Waals surface area contributed by atoms with Crippen molar-refractivity contribution in [2.24, 2.45) is 0 Å². The van der Waals surface area contributed by atoms with Crippen molar-refractivity contribution in [1.82, 2.24) is 10.3 Å². The fraction of sp³-hybridized carbons (Fsp3) is 0.273. The highest BCUT2D eigenvalue weighted by molar-refractivity contribution is 6.30. The molecule has 0 aromatic carbocycles. The van der Waals surface area contributed by atoms with E-state index in [1.165, 1.54) is 18.3 Å². The van der Waals surface area contributed by atoms with Crippen LogP contribution in [0.2, 0.25) is 5.02 Å². The number of aromatic nitrogens is 1. The second kappa shape index (κ2) is 6.69. The number of esters is 1. The van der Waals surface area contributed by atoms with Crippen molar-refractivity contribution in [2.45, 2.75) is 12.5 Å². The van der Waals surface area contributed by atoms with Crippen LogP contribution in [0.5, 0.6) is 0 Å². The number of halogens is 1. The Morgan fingerprint density at radius 1 is 1.53 bits per heavy atom. The Balaban J connectivity index is 2.77. The van der Waals surface area contributed by atoms with E-state index in [1.54, 1.807) is 0 Å². The van der Waals surface area contributed by atoms with Crippen molar-refractivity contribution in [3.05, 3.63) is 29.0 Å². The number of methoxy groups -OCH3 is 1. The van der Waals surface area contributed by atoms with E-state index in [0.29, 0.717) is 5.02 Å². The van der Waals surface area contributed by atoms with Gasteiger partial charge in [-0.15, -0.1) is 0 Å². The molecular formula is C11H11ClN2O5. The Bertz CT molecular complexity index is 506. The molecule has 0 saturated heterocycles. The summed E-state index contributed by atoms with van der Waals surface area (Å²) in [6.07, 6.45) is 0.839. The maximum atomic E-state index is 11.7. The molecule has 0 unspecified atom stereocenters. The van der Waals surface area contributed by atoms with E-state index in [-0.39, 0.29) is 5.69 Å². The molecule has 102 valence electrons. The third kappa shape index (κ3) is 4.55. The first kappa shape index (κ1) is 14.9. The number of hydrogen-bond acceptors (Lipinski definition) is 5. The van der Waals surface area contributed by atoms with Crippen molar-refractivity contribution in [3.8, 4) is 0 Å². The lowest BCUT2D eigenvalue weighted by Gasteiger charge is -2.12. The number of nitrogens with zero attached hydrogens (tertiary/aromatic N) is 1. The fourth-order valence-corrected chi connectivity index (χ4v) is 1.37. The third-order valence-corrected chi connectivity index (χ3v) is 2.39. The molecule has 1 aromatic rings. The Morgan fingerprint density at radius 3 is 2.74 bits per heavy atom. The first-order chi connectivity index (χ1) is 8.93. The number of amides is 1. The van der Waals surface area contributed by atoms with E-state index in [1.807, 2.05) is 0 Å². The van der Waals surface area contributed by atoms with E-state index in [9.17, 15) is 14.4 Å². The van der Waals surface area contributed by atoms with Gasteiger partial charge >= 0.3 is 11.9 Å². The van der Waals surface area contributed by atoms with Crippen molar-refractivity contribution in [2.75, 3.05) is 7.11 Å². The zero-order valence-electron chi connectivity index (χ0n) is 9.92. The van der Waals surface area contributed by atoms with E-state index < -0.39 is 30.3 Å². The number of ether oxygens (including phenoxy) is 1. The summed E-state index contributed by atoms with van der Waals surface area (Å²) in [5, 5.41) is 11.4. The van der Waals surface area contributed by atoms with Crippen LogP contribution in [-0.2, 0) is 14.3 Å². The molecule has 2 N–H and O–H groups in total. The number of rotatable bonds is 5. The number of aliphatic carboxylic acids is 1. The lowest BCUT2D eigenvalue weighted by Crippen LogP contribution is -2.42. The van der Waals surface area contributed by atoms with Crippen LogP contribution in [0.25, 0.3) is 0 Å². The molecule has 0 aliphatic carbocycles. The number of carboxylic acid groups (broad SMARTS) is 1. The highest BCUT2D eigenvalue weighted by Gasteiger charge is 2.24. The number of carbonyl (C=O) groups excluding carboxylic acids is 2. The molecular weight excluding hydrogens is 276 g/mol. The lowest BCUT2D eigenvalue weighted by molar-refractivity contribution is -0.147. The Kier molecular flexibility index (Phi) is 5.25. The summed E-state index contributed by atoms with van der Waals surface area (Å²) >= 11 is 5.68. The molecule has 0 aliphatic rings. The maximum absolute atomic E-state index is 11.7. The molecule has 0 saturated carbocycles. The van der Waals surface area contributed by atoms with Gasteiger partial charge in [-0.25, -0.2) is 4.79 Å². The van der Waals surface area contributed by atoms with E-state index in [0.717, 1.165) is 7.11 Å². The van der Waals surface area contributed by atoms with Gasteiger partial charge in [-0.05, 0) is 12.1 Å². The standard InChI is InChI=1S/C11H11ClN2O5/c1-19-9(15)5-8(11(17)18)14-10(16)7-4-6(12)2-3-13-7/h2-4,8H,5H2,1H3,(H,14,16)(H,17,18)/t8-/m0/s1. The number of carboxylic acids is 1. The van der Waals surface area contributed by atoms with Gasteiger partial charge in [0.1, 0.15) is 11.7 Å². The van der Waals surface area contributed by atoms with Gasteiger partial charge in [0, 0.05) is 11.2 Å². The molecule has 1 heterocycles. The van der Waals surface area contributed by atoms with Gasteiger partial charge in [0.05, 0.1) is 13.5 Å². The minimum atomic E-state index is -1.39. The van der Waals surface area contributed by atoms with Crippen LogP contribution >= 0.6 is 11.6 Å². The predicted octanol–water partition coefficient (Wildman–Crippen LogP) is 0.481. The summed E-state index contributed by atoms with van der Waals surface area (Å²) in [4.78, 5) is 37.4. The first-order valence-corrected chi connectivity index (χ1v) is 5.54. The average molecular weight is 287 g/mol. The highest BCUT2D eigenvalue weighted by atomic mass is 35.5. The number of pyridine rings is 1. The molecule has 0 radical (unpaired) electrons. The maximum Gasteiger partial charge on any atom is 0.326 e. The molecule has 0 bridgehead atoms. The summed E-state index contributed by atoms with van der Waals surface area (Å²) in [5.74, 6) is -2.83. The van der Waals surface area contributed by atoms with E-state index in [4.69, 9.17) is 16.7 Å². The molecule has 0 spiro atoms. The molecule has 0 fully saturated rings. The number of carbonyl (C=O) groups is 3. The second-order valence-corrected chi connectivity index (χ2v) is 3.94.